The van der Waals surface area contributed by atoms with Crippen LogP contribution in [0.4, 0.5) is 5.82 Å². The van der Waals surface area contributed by atoms with Gasteiger partial charge in [0.25, 0.3) is 0 Å². The minimum Gasteiger partial charge on any atom is -0.384 e. The second-order valence-corrected chi connectivity index (χ2v) is 6.43. The summed E-state index contributed by atoms with van der Waals surface area (Å²) in [6.07, 6.45) is 0. The van der Waals surface area contributed by atoms with E-state index in [9.17, 15) is 4.57 Å². The Morgan fingerprint density at radius 1 is 1.39 bits per heavy atom. The van der Waals surface area contributed by atoms with Crippen LogP contribution in [0.15, 0.2) is 0 Å². The maximum Gasteiger partial charge on any atom is 0.337 e. The molecular weight excluding hydrogens is 253 g/mol. The molecular formula is C11H22N3O3P. The van der Waals surface area contributed by atoms with Crippen molar-refractivity contribution in [3.63, 3.8) is 0 Å². The zero-order chi connectivity index (χ0) is 13.9. The lowest BCUT2D eigenvalue weighted by Gasteiger charge is -2.23. The molecule has 0 fully saturated rings. The predicted octanol–water partition coefficient (Wildman–Crippen LogP) is 2.64. The first-order valence-corrected chi connectivity index (χ1v) is 7.66. The van der Waals surface area contributed by atoms with Gasteiger partial charge in [0.15, 0.2) is 0 Å². The lowest BCUT2D eigenvalue weighted by molar-refractivity contribution is 0.213. The molecule has 6 nitrogen and oxygen atoms in total. The van der Waals surface area contributed by atoms with E-state index >= 15 is 0 Å². The zero-order valence-corrected chi connectivity index (χ0v) is 12.5. The molecule has 104 valence electrons. The number of hydrogen-bond donors (Lipinski definition) is 1. The maximum atomic E-state index is 12.7. The SMILES string of the molecule is CCOP(=O)(OCC)C(C)c1c(C)nn(C)c1N. The van der Waals surface area contributed by atoms with Gasteiger partial charge in [-0.2, -0.15) is 5.10 Å². The van der Waals surface area contributed by atoms with Gasteiger partial charge in [0.05, 0.1) is 24.6 Å². The highest BCUT2D eigenvalue weighted by atomic mass is 31.2. The third kappa shape index (κ3) is 2.76. The number of aromatic nitrogens is 2. The van der Waals surface area contributed by atoms with Crippen molar-refractivity contribution in [3.05, 3.63) is 11.3 Å². The lowest BCUT2D eigenvalue weighted by atomic mass is 10.2. The largest absolute Gasteiger partial charge is 0.384 e. The standard InChI is InChI=1S/C11H22N3O3P/c1-6-16-18(15,17-7-2)9(4)10-8(3)13-14(5)11(10)12/h9H,6-7,12H2,1-5H3. The van der Waals surface area contributed by atoms with Crippen molar-refractivity contribution >= 4 is 13.4 Å². The van der Waals surface area contributed by atoms with E-state index in [0.717, 1.165) is 11.3 Å². The van der Waals surface area contributed by atoms with Crippen molar-refractivity contribution in [2.45, 2.75) is 33.4 Å². The molecule has 1 heterocycles. The molecule has 2 N–H and O–H groups in total. The molecule has 0 aliphatic heterocycles. The van der Waals surface area contributed by atoms with Gasteiger partial charge in [-0.05, 0) is 27.7 Å². The van der Waals surface area contributed by atoms with Gasteiger partial charge in [-0.15, -0.1) is 0 Å². The molecule has 1 rings (SSSR count). The van der Waals surface area contributed by atoms with Crippen molar-refractivity contribution in [2.75, 3.05) is 18.9 Å². The van der Waals surface area contributed by atoms with Crippen LogP contribution >= 0.6 is 7.60 Å². The molecule has 1 aromatic rings. The Bertz CT molecular complexity index is 449. The van der Waals surface area contributed by atoms with Crippen LogP contribution in [0.25, 0.3) is 0 Å². The highest BCUT2D eigenvalue weighted by Gasteiger charge is 2.36. The Balaban J connectivity index is 3.17. The van der Waals surface area contributed by atoms with Gasteiger partial charge in [0.1, 0.15) is 5.82 Å². The van der Waals surface area contributed by atoms with Crippen LogP contribution in [0.1, 0.15) is 37.7 Å². The minimum absolute atomic E-state index is 0.334. The van der Waals surface area contributed by atoms with Crippen molar-refractivity contribution in [1.82, 2.24) is 9.78 Å². The first-order chi connectivity index (χ1) is 8.37. The Kier molecular flexibility index (Phi) is 4.96. The number of hydrogen-bond acceptors (Lipinski definition) is 5. The fourth-order valence-corrected chi connectivity index (χ4v) is 3.86. The molecule has 0 saturated carbocycles. The summed E-state index contributed by atoms with van der Waals surface area (Å²) in [5.74, 6) is 0.500. The van der Waals surface area contributed by atoms with Crippen LogP contribution in [-0.2, 0) is 20.7 Å². The van der Waals surface area contributed by atoms with Gasteiger partial charge in [-0.3, -0.25) is 9.25 Å². The summed E-state index contributed by atoms with van der Waals surface area (Å²) in [4.78, 5) is 0. The molecule has 0 saturated heterocycles. The van der Waals surface area contributed by atoms with Crippen LogP contribution in [0, 0.1) is 6.92 Å². The first-order valence-electron chi connectivity index (χ1n) is 6.05. The van der Waals surface area contributed by atoms with Crippen LogP contribution in [0.3, 0.4) is 0 Å². The van der Waals surface area contributed by atoms with E-state index in [1.807, 2.05) is 6.92 Å². The third-order valence-corrected chi connectivity index (χ3v) is 5.27. The molecule has 0 amide bonds. The second kappa shape index (κ2) is 5.87. The molecule has 18 heavy (non-hydrogen) atoms. The monoisotopic (exact) mass is 275 g/mol. The summed E-state index contributed by atoms with van der Waals surface area (Å²) in [7, 11) is -1.45. The maximum absolute atomic E-state index is 12.7. The quantitative estimate of drug-likeness (QED) is 0.807. The van der Waals surface area contributed by atoms with Crippen molar-refractivity contribution < 1.29 is 13.6 Å². The summed E-state index contributed by atoms with van der Waals surface area (Å²) in [5, 5.41) is 4.22. The van der Waals surface area contributed by atoms with E-state index in [4.69, 9.17) is 14.8 Å². The molecule has 0 bridgehead atoms. The van der Waals surface area contributed by atoms with E-state index in [1.165, 1.54) is 0 Å². The summed E-state index contributed by atoms with van der Waals surface area (Å²) < 4.78 is 25.0. The van der Waals surface area contributed by atoms with E-state index in [2.05, 4.69) is 5.10 Å². The Hall–Kier alpha value is -0.840. The van der Waals surface area contributed by atoms with Crippen LogP contribution in [0.5, 0.6) is 0 Å². The van der Waals surface area contributed by atoms with Gasteiger partial charge in [0, 0.05) is 12.6 Å². The average Bonchev–Trinajstić information content (AvgIpc) is 2.53. The fourth-order valence-electron chi connectivity index (χ4n) is 1.99. The smallest absolute Gasteiger partial charge is 0.337 e. The Morgan fingerprint density at radius 3 is 2.22 bits per heavy atom. The molecule has 0 aliphatic carbocycles. The number of nitrogens with two attached hydrogens (primary N) is 1. The summed E-state index contributed by atoms with van der Waals surface area (Å²) in [6, 6.07) is 0. The number of anilines is 1. The average molecular weight is 275 g/mol. The van der Waals surface area contributed by atoms with Gasteiger partial charge in [-0.1, -0.05) is 0 Å². The van der Waals surface area contributed by atoms with E-state index in [-0.39, 0.29) is 0 Å². The molecule has 1 atom stereocenters. The van der Waals surface area contributed by atoms with Gasteiger partial charge in [0.2, 0.25) is 0 Å². The molecule has 1 aromatic heterocycles. The summed E-state index contributed by atoms with van der Waals surface area (Å²) >= 11 is 0. The van der Waals surface area contributed by atoms with E-state index < -0.39 is 13.3 Å². The fraction of sp³-hybridized carbons (Fsp3) is 0.727. The summed E-state index contributed by atoms with van der Waals surface area (Å²) in [5.41, 5.74) is 7.03. The highest BCUT2D eigenvalue weighted by molar-refractivity contribution is 7.54. The Morgan fingerprint density at radius 2 is 1.89 bits per heavy atom. The molecule has 0 aromatic carbocycles. The predicted molar refractivity (Wildman–Crippen MR) is 71.6 cm³/mol. The van der Waals surface area contributed by atoms with Gasteiger partial charge < -0.3 is 14.8 Å². The third-order valence-electron chi connectivity index (χ3n) is 2.82. The Labute approximate surface area is 108 Å². The lowest BCUT2D eigenvalue weighted by Crippen LogP contribution is -2.07. The van der Waals surface area contributed by atoms with Crippen LogP contribution in [-0.4, -0.2) is 23.0 Å². The summed E-state index contributed by atoms with van der Waals surface area (Å²) in [6.45, 7) is 7.88. The zero-order valence-electron chi connectivity index (χ0n) is 11.6. The van der Waals surface area contributed by atoms with E-state index in [0.29, 0.717) is 19.0 Å². The van der Waals surface area contributed by atoms with Crippen molar-refractivity contribution in [1.29, 1.82) is 0 Å². The van der Waals surface area contributed by atoms with Crippen LogP contribution in [0.2, 0.25) is 0 Å². The number of aryl methyl sites for hydroxylation is 2. The number of nitrogens with zero attached hydrogens (tertiary/aromatic N) is 2. The topological polar surface area (TPSA) is 79.4 Å². The molecule has 0 spiro atoms. The van der Waals surface area contributed by atoms with Crippen molar-refractivity contribution in [2.24, 2.45) is 7.05 Å². The minimum atomic E-state index is -3.21. The van der Waals surface area contributed by atoms with E-state index in [1.54, 1.807) is 32.5 Å². The van der Waals surface area contributed by atoms with Crippen LogP contribution < -0.4 is 5.73 Å². The molecule has 0 radical (unpaired) electrons. The first kappa shape index (κ1) is 15.2. The van der Waals surface area contributed by atoms with Gasteiger partial charge >= 0.3 is 7.60 Å². The van der Waals surface area contributed by atoms with Crippen molar-refractivity contribution in [3.8, 4) is 0 Å². The second-order valence-electron chi connectivity index (χ2n) is 4.06. The molecule has 7 heteroatoms. The van der Waals surface area contributed by atoms with Gasteiger partial charge in [-0.25, -0.2) is 0 Å². The normalized spacial score (nSPS) is 13.8. The molecule has 1 unspecified atom stereocenters. The number of rotatable bonds is 6. The highest BCUT2D eigenvalue weighted by Crippen LogP contribution is 2.61. The molecule has 0 aliphatic rings. The number of nitrogen functional groups attached to an aromatic ring is 1.